The van der Waals surface area contributed by atoms with E-state index in [1.807, 2.05) is 60.7 Å². The van der Waals surface area contributed by atoms with Crippen LogP contribution in [0.2, 0.25) is 25.7 Å². The minimum Gasteiger partial charge on any atom is -0.450 e. The molecule has 8 nitrogen and oxygen atoms in total. The van der Waals surface area contributed by atoms with Gasteiger partial charge in [-0.15, -0.1) is 0 Å². The molecule has 222 valence electrons. The molecule has 2 rings (SSSR count). The van der Waals surface area contributed by atoms with E-state index >= 15 is 0 Å². The normalized spacial score (nSPS) is 15.7. The number of aryl methyl sites for hydroxylation is 1. The Morgan fingerprint density at radius 2 is 1.43 bits per heavy atom. The maximum absolute atomic E-state index is 12.9. The highest BCUT2D eigenvalue weighted by molar-refractivity contribution is 6.76. The van der Waals surface area contributed by atoms with Gasteiger partial charge in [-0.05, 0) is 64.1 Å². The topological polar surface area (TPSA) is 117 Å². The summed E-state index contributed by atoms with van der Waals surface area (Å²) < 4.78 is 10.9. The van der Waals surface area contributed by atoms with Crippen LogP contribution in [-0.2, 0) is 22.3 Å². The van der Waals surface area contributed by atoms with Crippen LogP contribution in [0.4, 0.5) is 9.59 Å². The van der Waals surface area contributed by atoms with Crippen molar-refractivity contribution in [2.24, 2.45) is 0 Å². The third-order valence-corrected chi connectivity index (χ3v) is 8.33. The molecule has 0 aliphatic rings. The Hall–Kier alpha value is -2.88. The zero-order valence-corrected chi connectivity index (χ0v) is 26.1. The van der Waals surface area contributed by atoms with E-state index in [1.165, 1.54) is 6.92 Å². The molecule has 4 atom stereocenters. The standard InChI is InChI=1S/C31H48N2O6Si/c1-30(2,3)39-29(36)33-27(25(34)19-18-23-14-10-8-11-15-23)31(4,37)26(22-24-16-12-9-13-17-24)32-28(35)38-20-21-40(5,6)7/h8-17,25-27,34,37H,18-22H2,1-7H3,(H,32,35)(H,33,36). The van der Waals surface area contributed by atoms with Gasteiger partial charge in [-0.25, -0.2) is 9.59 Å². The monoisotopic (exact) mass is 572 g/mol. The quantitative estimate of drug-likeness (QED) is 0.242. The van der Waals surface area contributed by atoms with Crippen molar-refractivity contribution in [2.45, 2.75) is 102 Å². The number of benzene rings is 2. The first-order valence-corrected chi connectivity index (χ1v) is 17.7. The fraction of sp³-hybridized carbons (Fsp3) is 0.548. The second-order valence-electron chi connectivity index (χ2n) is 12.8. The molecular weight excluding hydrogens is 524 g/mol. The van der Waals surface area contributed by atoms with E-state index in [1.54, 1.807) is 20.8 Å². The lowest BCUT2D eigenvalue weighted by Gasteiger charge is -2.42. The molecule has 4 N–H and O–H groups in total. The van der Waals surface area contributed by atoms with Crippen molar-refractivity contribution in [3.63, 3.8) is 0 Å². The Morgan fingerprint density at radius 3 is 1.95 bits per heavy atom. The molecule has 2 aromatic rings. The molecule has 0 heterocycles. The number of nitrogens with one attached hydrogen (secondary N) is 2. The molecule has 9 heteroatoms. The summed E-state index contributed by atoms with van der Waals surface area (Å²) >= 11 is 0. The van der Waals surface area contributed by atoms with Crippen molar-refractivity contribution >= 4 is 20.3 Å². The maximum atomic E-state index is 12.9. The lowest BCUT2D eigenvalue weighted by molar-refractivity contribution is -0.0615. The Labute approximate surface area is 240 Å². The van der Waals surface area contributed by atoms with Crippen LogP contribution in [0.3, 0.4) is 0 Å². The van der Waals surface area contributed by atoms with Crippen LogP contribution < -0.4 is 10.6 Å². The van der Waals surface area contributed by atoms with Crippen molar-refractivity contribution in [3.8, 4) is 0 Å². The lowest BCUT2D eigenvalue weighted by Crippen LogP contribution is -2.66. The minimum atomic E-state index is -1.79. The van der Waals surface area contributed by atoms with Gasteiger partial charge in [-0.2, -0.15) is 0 Å². The summed E-state index contributed by atoms with van der Waals surface area (Å²) in [6.45, 7) is 13.6. The number of alkyl carbamates (subject to hydrolysis) is 2. The zero-order valence-electron chi connectivity index (χ0n) is 25.1. The van der Waals surface area contributed by atoms with Crippen molar-refractivity contribution in [1.29, 1.82) is 0 Å². The van der Waals surface area contributed by atoms with Gasteiger partial charge in [-0.3, -0.25) is 0 Å². The first-order valence-electron chi connectivity index (χ1n) is 14.0. The van der Waals surface area contributed by atoms with Crippen LogP contribution in [0.15, 0.2) is 60.7 Å². The fourth-order valence-corrected chi connectivity index (χ4v) is 5.01. The molecule has 0 radical (unpaired) electrons. The van der Waals surface area contributed by atoms with Gasteiger partial charge in [0.1, 0.15) is 11.2 Å². The first kappa shape index (κ1) is 33.3. The summed E-state index contributed by atoms with van der Waals surface area (Å²) in [5.41, 5.74) is -0.690. The highest BCUT2D eigenvalue weighted by atomic mass is 28.3. The van der Waals surface area contributed by atoms with E-state index in [0.29, 0.717) is 6.42 Å². The summed E-state index contributed by atoms with van der Waals surface area (Å²) in [5.74, 6) is 0. The smallest absolute Gasteiger partial charge is 0.408 e. The number of carbonyl (C=O) groups is 2. The molecule has 2 amide bonds. The number of hydrogen-bond acceptors (Lipinski definition) is 6. The Kier molecular flexibility index (Phi) is 12.2. The predicted octanol–water partition coefficient (Wildman–Crippen LogP) is 5.30. The van der Waals surface area contributed by atoms with E-state index in [9.17, 15) is 19.8 Å². The molecule has 0 spiro atoms. The molecule has 0 saturated carbocycles. The Balaban J connectivity index is 2.34. The SMILES string of the molecule is CC(C)(C)OC(=O)NC(C(O)CCc1ccccc1)C(C)(O)C(Cc1ccccc1)NC(=O)OCC[Si](C)(C)C. The molecule has 40 heavy (non-hydrogen) atoms. The second-order valence-corrected chi connectivity index (χ2v) is 18.4. The summed E-state index contributed by atoms with van der Waals surface area (Å²) in [6.07, 6.45) is -1.54. The fourth-order valence-electron chi connectivity index (χ4n) is 4.30. The highest BCUT2D eigenvalue weighted by Gasteiger charge is 2.45. The number of hydrogen-bond donors (Lipinski definition) is 4. The second kappa shape index (κ2) is 14.7. The molecule has 2 aromatic carbocycles. The summed E-state index contributed by atoms with van der Waals surface area (Å²) in [4.78, 5) is 25.8. The average Bonchev–Trinajstić information content (AvgIpc) is 2.85. The van der Waals surface area contributed by atoms with Gasteiger partial charge < -0.3 is 30.3 Å². The van der Waals surface area contributed by atoms with Crippen molar-refractivity contribution in [2.75, 3.05) is 6.61 Å². The molecule has 0 aromatic heterocycles. The highest BCUT2D eigenvalue weighted by Crippen LogP contribution is 2.25. The van der Waals surface area contributed by atoms with Crippen molar-refractivity contribution in [1.82, 2.24) is 10.6 Å². The molecule has 4 unspecified atom stereocenters. The van der Waals surface area contributed by atoms with E-state index in [-0.39, 0.29) is 19.4 Å². The van der Waals surface area contributed by atoms with Crippen LogP contribution in [0.25, 0.3) is 0 Å². The van der Waals surface area contributed by atoms with E-state index < -0.39 is 49.7 Å². The predicted molar refractivity (Wildman–Crippen MR) is 161 cm³/mol. The molecule has 0 saturated heterocycles. The van der Waals surface area contributed by atoms with Crippen LogP contribution in [0.1, 0.15) is 45.2 Å². The summed E-state index contributed by atoms with van der Waals surface area (Å²) in [5, 5.41) is 28.9. The van der Waals surface area contributed by atoms with Crippen molar-refractivity contribution in [3.05, 3.63) is 71.8 Å². The third kappa shape index (κ3) is 12.1. The van der Waals surface area contributed by atoms with E-state index in [2.05, 4.69) is 30.3 Å². The zero-order chi connectivity index (χ0) is 30.0. The molecular formula is C31H48N2O6Si. The van der Waals surface area contributed by atoms with Crippen LogP contribution >= 0.6 is 0 Å². The van der Waals surface area contributed by atoms with E-state index in [4.69, 9.17) is 9.47 Å². The number of amides is 2. The largest absolute Gasteiger partial charge is 0.450 e. The van der Waals surface area contributed by atoms with Gasteiger partial charge in [0.05, 0.1) is 24.8 Å². The van der Waals surface area contributed by atoms with Gasteiger partial charge in [0, 0.05) is 8.07 Å². The maximum Gasteiger partial charge on any atom is 0.408 e. The number of aliphatic hydroxyl groups is 2. The number of ether oxygens (including phenoxy) is 2. The lowest BCUT2D eigenvalue weighted by atomic mass is 9.80. The number of carbonyl (C=O) groups excluding carboxylic acids is 2. The molecule has 0 aliphatic carbocycles. The summed E-state index contributed by atoms with van der Waals surface area (Å²) in [7, 11) is -1.42. The van der Waals surface area contributed by atoms with Crippen LogP contribution in [0, 0.1) is 0 Å². The number of aliphatic hydroxyl groups excluding tert-OH is 1. The molecule has 0 fully saturated rings. The average molecular weight is 573 g/mol. The third-order valence-electron chi connectivity index (χ3n) is 6.62. The number of rotatable bonds is 13. The molecule has 0 bridgehead atoms. The van der Waals surface area contributed by atoms with E-state index in [0.717, 1.165) is 17.2 Å². The van der Waals surface area contributed by atoms with Crippen molar-refractivity contribution < 1.29 is 29.3 Å². The van der Waals surface area contributed by atoms with Gasteiger partial charge >= 0.3 is 12.2 Å². The minimum absolute atomic E-state index is 0.245. The van der Waals surface area contributed by atoms with Crippen LogP contribution in [0.5, 0.6) is 0 Å². The van der Waals surface area contributed by atoms with Gasteiger partial charge in [-0.1, -0.05) is 80.3 Å². The van der Waals surface area contributed by atoms with Gasteiger partial charge in [0.15, 0.2) is 0 Å². The Morgan fingerprint density at radius 1 is 0.875 bits per heavy atom. The van der Waals surface area contributed by atoms with Crippen LogP contribution in [-0.4, -0.2) is 66.5 Å². The molecule has 0 aliphatic heterocycles. The summed E-state index contributed by atoms with van der Waals surface area (Å²) in [6, 6.07) is 17.8. The first-order chi connectivity index (χ1) is 18.6. The van der Waals surface area contributed by atoms with Gasteiger partial charge in [0.2, 0.25) is 0 Å². The van der Waals surface area contributed by atoms with Gasteiger partial charge in [0.25, 0.3) is 0 Å². The Bertz CT molecular complexity index is 1050.